The number of aromatic nitrogens is 1. The molecule has 88 valence electrons. The molecule has 2 aromatic carbocycles. The lowest BCUT2D eigenvalue weighted by Gasteiger charge is -1.94. The van der Waals surface area contributed by atoms with Crippen LogP contribution in [-0.2, 0) is 0 Å². The molecule has 0 amide bonds. The molecule has 0 aliphatic heterocycles. The Morgan fingerprint density at radius 1 is 1.11 bits per heavy atom. The van der Waals surface area contributed by atoms with E-state index < -0.39 is 0 Å². The van der Waals surface area contributed by atoms with Crippen LogP contribution in [0.5, 0.6) is 0 Å². The number of hydrogen-bond acceptors (Lipinski definition) is 3. The molecule has 0 radical (unpaired) electrons. The molecular formula is C13H5Cl2NOS. The van der Waals surface area contributed by atoms with Gasteiger partial charge in [0.2, 0.25) is 0 Å². The van der Waals surface area contributed by atoms with Crippen LogP contribution < -0.4 is 0 Å². The molecule has 4 aromatic rings. The average Bonchev–Trinajstić information content (AvgIpc) is 2.88. The largest absolute Gasteiger partial charge is 0.456 e. The van der Waals surface area contributed by atoms with Crippen molar-refractivity contribution in [1.82, 2.24) is 4.98 Å². The molecule has 2 nitrogen and oxygen atoms in total. The Hall–Kier alpha value is -1.29. The summed E-state index contributed by atoms with van der Waals surface area (Å²) in [7, 11) is 0. The standard InChI is InChI=1S/C13H5Cl2NOS/c14-7-5-9-10(11-12(7)18-13(15)16-11)6-3-1-2-4-8(6)17-9/h1-5H. The van der Waals surface area contributed by atoms with E-state index in [1.54, 1.807) is 0 Å². The van der Waals surface area contributed by atoms with Crippen molar-refractivity contribution < 1.29 is 4.42 Å². The molecule has 0 unspecified atom stereocenters. The minimum atomic E-state index is 0.490. The van der Waals surface area contributed by atoms with Gasteiger partial charge in [0.1, 0.15) is 11.2 Å². The molecule has 0 spiro atoms. The van der Waals surface area contributed by atoms with Crippen LogP contribution in [0, 0.1) is 0 Å². The molecule has 4 rings (SSSR count). The second-order valence-electron chi connectivity index (χ2n) is 3.97. The lowest BCUT2D eigenvalue weighted by atomic mass is 10.1. The number of rotatable bonds is 0. The van der Waals surface area contributed by atoms with Gasteiger partial charge in [0, 0.05) is 11.5 Å². The van der Waals surface area contributed by atoms with Crippen LogP contribution in [0.2, 0.25) is 9.49 Å². The molecule has 0 saturated carbocycles. The molecule has 18 heavy (non-hydrogen) atoms. The number of hydrogen-bond donors (Lipinski definition) is 0. The molecule has 2 aromatic heterocycles. The van der Waals surface area contributed by atoms with E-state index in [-0.39, 0.29) is 0 Å². The van der Waals surface area contributed by atoms with Gasteiger partial charge in [-0.05, 0) is 6.07 Å². The maximum Gasteiger partial charge on any atom is 0.184 e. The van der Waals surface area contributed by atoms with Gasteiger partial charge in [0.25, 0.3) is 0 Å². The van der Waals surface area contributed by atoms with Gasteiger partial charge in [0.15, 0.2) is 4.47 Å². The third kappa shape index (κ3) is 1.32. The summed E-state index contributed by atoms with van der Waals surface area (Å²) in [5, 5.41) is 2.64. The number of thiazole rings is 1. The Labute approximate surface area is 116 Å². The Morgan fingerprint density at radius 3 is 2.83 bits per heavy atom. The van der Waals surface area contributed by atoms with Crippen molar-refractivity contribution >= 4 is 66.7 Å². The summed E-state index contributed by atoms with van der Waals surface area (Å²) in [5.41, 5.74) is 2.40. The third-order valence-corrected chi connectivity index (χ3v) is 4.54. The van der Waals surface area contributed by atoms with Gasteiger partial charge in [0.05, 0.1) is 20.6 Å². The van der Waals surface area contributed by atoms with Crippen molar-refractivity contribution in [2.24, 2.45) is 0 Å². The number of fused-ring (bicyclic) bond motifs is 5. The molecule has 0 bridgehead atoms. The highest BCUT2D eigenvalue weighted by Gasteiger charge is 2.16. The fourth-order valence-corrected chi connectivity index (χ4v) is 3.54. The number of furan rings is 1. The fraction of sp³-hybridized carbons (Fsp3) is 0. The molecule has 2 heterocycles. The van der Waals surface area contributed by atoms with Crippen molar-refractivity contribution in [3.63, 3.8) is 0 Å². The average molecular weight is 294 g/mol. The van der Waals surface area contributed by atoms with Gasteiger partial charge >= 0.3 is 0 Å². The van der Waals surface area contributed by atoms with Crippen LogP contribution in [-0.4, -0.2) is 4.98 Å². The highest BCUT2D eigenvalue weighted by Crippen LogP contribution is 2.41. The molecule has 5 heteroatoms. The molecule has 0 atom stereocenters. The first-order valence-electron chi connectivity index (χ1n) is 5.30. The Bertz CT molecular complexity index is 909. The normalized spacial score (nSPS) is 11.9. The zero-order valence-electron chi connectivity index (χ0n) is 8.91. The summed E-state index contributed by atoms with van der Waals surface area (Å²) < 4.78 is 7.18. The monoisotopic (exact) mass is 293 g/mol. The first kappa shape index (κ1) is 10.6. The van der Waals surface area contributed by atoms with Crippen molar-refractivity contribution in [3.05, 3.63) is 39.8 Å². The van der Waals surface area contributed by atoms with E-state index in [9.17, 15) is 0 Å². The Kier molecular flexibility index (Phi) is 2.13. The van der Waals surface area contributed by atoms with Crippen molar-refractivity contribution in [3.8, 4) is 0 Å². The molecule has 0 N–H and O–H groups in total. The van der Waals surface area contributed by atoms with Gasteiger partial charge in [-0.2, -0.15) is 0 Å². The summed E-state index contributed by atoms with van der Waals surface area (Å²) >= 11 is 13.6. The van der Waals surface area contributed by atoms with Crippen LogP contribution in [0.25, 0.3) is 32.2 Å². The summed E-state index contributed by atoms with van der Waals surface area (Å²) in [6.07, 6.45) is 0. The van der Waals surface area contributed by atoms with Crippen molar-refractivity contribution in [2.45, 2.75) is 0 Å². The highest BCUT2D eigenvalue weighted by atomic mass is 35.5. The molecule has 0 aliphatic rings. The summed E-state index contributed by atoms with van der Waals surface area (Å²) in [5.74, 6) is 0. The minimum absolute atomic E-state index is 0.490. The van der Waals surface area contributed by atoms with E-state index >= 15 is 0 Å². The Balaban J connectivity index is 2.38. The summed E-state index contributed by atoms with van der Waals surface area (Å²) in [6.45, 7) is 0. The van der Waals surface area contributed by atoms with Gasteiger partial charge in [-0.15, -0.1) is 11.3 Å². The van der Waals surface area contributed by atoms with E-state index in [0.29, 0.717) is 9.49 Å². The lowest BCUT2D eigenvalue weighted by molar-refractivity contribution is 0.669. The second kappa shape index (κ2) is 3.60. The van der Waals surface area contributed by atoms with E-state index in [1.807, 2.05) is 30.3 Å². The van der Waals surface area contributed by atoms with Gasteiger partial charge in [-0.3, -0.25) is 0 Å². The molecule has 0 saturated heterocycles. The quantitative estimate of drug-likeness (QED) is 0.428. The van der Waals surface area contributed by atoms with Gasteiger partial charge in [-0.1, -0.05) is 41.4 Å². The topological polar surface area (TPSA) is 26.0 Å². The van der Waals surface area contributed by atoms with Gasteiger partial charge in [-0.25, -0.2) is 4.98 Å². The van der Waals surface area contributed by atoms with Crippen LogP contribution in [0.3, 0.4) is 0 Å². The maximum atomic E-state index is 6.23. The van der Waals surface area contributed by atoms with E-state index in [0.717, 1.165) is 32.2 Å². The molecule has 0 aliphatic carbocycles. The summed E-state index contributed by atoms with van der Waals surface area (Å²) in [6, 6.07) is 9.70. The van der Waals surface area contributed by atoms with Crippen molar-refractivity contribution in [1.29, 1.82) is 0 Å². The maximum absolute atomic E-state index is 6.23. The minimum Gasteiger partial charge on any atom is -0.456 e. The second-order valence-corrected chi connectivity index (χ2v) is 5.96. The molecule has 0 fully saturated rings. The number of para-hydroxylation sites is 1. The number of benzene rings is 2. The first-order valence-corrected chi connectivity index (χ1v) is 6.87. The zero-order chi connectivity index (χ0) is 12.3. The van der Waals surface area contributed by atoms with E-state index in [2.05, 4.69) is 4.98 Å². The summed E-state index contributed by atoms with van der Waals surface area (Å²) in [4.78, 5) is 4.36. The van der Waals surface area contributed by atoms with Crippen LogP contribution in [0.1, 0.15) is 0 Å². The molecular weight excluding hydrogens is 289 g/mol. The SMILES string of the molecule is Clc1nc2c(s1)c(Cl)cc1oc3ccccc3c12. The Morgan fingerprint density at radius 2 is 1.94 bits per heavy atom. The predicted octanol–water partition coefficient (Wildman–Crippen LogP) is 5.50. The van der Waals surface area contributed by atoms with Crippen LogP contribution in [0.4, 0.5) is 0 Å². The number of nitrogens with zero attached hydrogens (tertiary/aromatic N) is 1. The van der Waals surface area contributed by atoms with E-state index in [1.165, 1.54) is 11.3 Å². The van der Waals surface area contributed by atoms with E-state index in [4.69, 9.17) is 27.6 Å². The van der Waals surface area contributed by atoms with Gasteiger partial charge < -0.3 is 4.42 Å². The predicted molar refractivity (Wildman–Crippen MR) is 76.9 cm³/mol. The zero-order valence-corrected chi connectivity index (χ0v) is 11.2. The first-order chi connectivity index (χ1) is 8.74. The third-order valence-electron chi connectivity index (χ3n) is 2.94. The number of halogens is 2. The van der Waals surface area contributed by atoms with Crippen LogP contribution >= 0.6 is 34.5 Å². The highest BCUT2D eigenvalue weighted by molar-refractivity contribution is 7.22. The van der Waals surface area contributed by atoms with Crippen molar-refractivity contribution in [2.75, 3.05) is 0 Å². The van der Waals surface area contributed by atoms with Crippen LogP contribution in [0.15, 0.2) is 34.7 Å². The smallest absolute Gasteiger partial charge is 0.184 e. The fourth-order valence-electron chi connectivity index (χ4n) is 2.22. The lowest BCUT2D eigenvalue weighted by Crippen LogP contribution is -1.73.